The lowest BCUT2D eigenvalue weighted by molar-refractivity contribution is -0.157. The minimum Gasteiger partial charge on any atom is -0.459 e. The molecule has 0 radical (unpaired) electrons. The van der Waals surface area contributed by atoms with E-state index in [0.717, 1.165) is 32.3 Å². The topological polar surface area (TPSA) is 61.5 Å². The second-order valence-corrected chi connectivity index (χ2v) is 5.15. The van der Waals surface area contributed by atoms with Crippen molar-refractivity contribution in [1.29, 1.82) is 0 Å². The van der Waals surface area contributed by atoms with E-state index in [-0.39, 0.29) is 18.2 Å². The molecule has 0 saturated carbocycles. The summed E-state index contributed by atoms with van der Waals surface area (Å²) in [6.45, 7) is 4.83. The van der Waals surface area contributed by atoms with Crippen molar-refractivity contribution < 1.29 is 14.3 Å². The minimum absolute atomic E-state index is 0.0242. The Hall–Kier alpha value is -0.610. The number of esters is 1. The summed E-state index contributed by atoms with van der Waals surface area (Å²) >= 11 is 0. The number of ether oxygens (including phenoxy) is 2. The Labute approximate surface area is 110 Å². The van der Waals surface area contributed by atoms with Crippen molar-refractivity contribution in [1.82, 2.24) is 0 Å². The van der Waals surface area contributed by atoms with Gasteiger partial charge < -0.3 is 15.2 Å². The highest BCUT2D eigenvalue weighted by molar-refractivity contribution is 5.75. The van der Waals surface area contributed by atoms with Gasteiger partial charge in [0.25, 0.3) is 0 Å². The maximum atomic E-state index is 11.6. The molecule has 0 unspecified atom stereocenters. The molecule has 2 N–H and O–H groups in total. The zero-order chi connectivity index (χ0) is 13.4. The first-order valence-electron chi connectivity index (χ1n) is 7.22. The fourth-order valence-electron chi connectivity index (χ4n) is 2.21. The van der Waals surface area contributed by atoms with Crippen LogP contribution in [-0.2, 0) is 14.3 Å². The molecule has 0 aliphatic carbocycles. The van der Waals surface area contributed by atoms with Crippen molar-refractivity contribution in [2.24, 2.45) is 5.73 Å². The van der Waals surface area contributed by atoms with E-state index in [1.54, 1.807) is 0 Å². The van der Waals surface area contributed by atoms with Gasteiger partial charge in [-0.1, -0.05) is 32.6 Å². The summed E-state index contributed by atoms with van der Waals surface area (Å²) in [5.74, 6) is -0.286. The van der Waals surface area contributed by atoms with Crippen molar-refractivity contribution in [2.45, 2.75) is 77.0 Å². The first-order chi connectivity index (χ1) is 8.65. The molecule has 0 spiro atoms. The molecular formula is C14H27NO3. The van der Waals surface area contributed by atoms with Crippen LogP contribution in [0.4, 0.5) is 0 Å². The smallest absolute Gasteiger partial charge is 0.323 e. The van der Waals surface area contributed by atoms with Crippen LogP contribution in [0, 0.1) is 0 Å². The van der Waals surface area contributed by atoms with Crippen molar-refractivity contribution in [2.75, 3.05) is 6.61 Å². The molecule has 1 fully saturated rings. The van der Waals surface area contributed by atoms with E-state index in [1.807, 2.05) is 6.92 Å². The third kappa shape index (κ3) is 5.36. The molecule has 1 aliphatic rings. The van der Waals surface area contributed by atoms with Crippen LogP contribution in [0.3, 0.4) is 0 Å². The van der Waals surface area contributed by atoms with Crippen LogP contribution in [0.5, 0.6) is 0 Å². The van der Waals surface area contributed by atoms with Gasteiger partial charge in [0.2, 0.25) is 0 Å². The van der Waals surface area contributed by atoms with Gasteiger partial charge in [0.05, 0.1) is 6.10 Å². The van der Waals surface area contributed by atoms with Gasteiger partial charge in [-0.3, -0.25) is 4.79 Å². The largest absolute Gasteiger partial charge is 0.459 e. The number of nitrogens with two attached hydrogens (primary N) is 1. The zero-order valence-corrected chi connectivity index (χ0v) is 11.7. The monoisotopic (exact) mass is 257 g/mol. The molecule has 1 aliphatic heterocycles. The summed E-state index contributed by atoms with van der Waals surface area (Å²) in [5, 5.41) is 0. The molecule has 4 heteroatoms. The molecule has 0 aromatic heterocycles. The fourth-order valence-corrected chi connectivity index (χ4v) is 2.21. The van der Waals surface area contributed by atoms with Crippen LogP contribution >= 0.6 is 0 Å². The Balaban J connectivity index is 2.41. The summed E-state index contributed by atoms with van der Waals surface area (Å²) < 4.78 is 11.2. The highest BCUT2D eigenvalue weighted by atomic mass is 16.6. The molecule has 18 heavy (non-hydrogen) atoms. The minimum atomic E-state index is -0.466. The van der Waals surface area contributed by atoms with E-state index in [0.29, 0.717) is 6.42 Å². The Morgan fingerprint density at radius 2 is 2.06 bits per heavy atom. The van der Waals surface area contributed by atoms with E-state index in [2.05, 4.69) is 6.92 Å². The maximum absolute atomic E-state index is 11.6. The Morgan fingerprint density at radius 3 is 2.78 bits per heavy atom. The number of carbonyl (C=O) groups is 1. The number of cyclic esters (lactones) is 1. The Kier molecular flexibility index (Phi) is 7.28. The second-order valence-electron chi connectivity index (χ2n) is 5.15. The van der Waals surface area contributed by atoms with Crippen LogP contribution in [0.15, 0.2) is 0 Å². The van der Waals surface area contributed by atoms with Gasteiger partial charge in [0, 0.05) is 6.61 Å². The average molecular weight is 257 g/mol. The number of hydrogen-bond donors (Lipinski definition) is 1. The predicted octanol–water partition coefficient (Wildman–Crippen LogP) is 2.39. The molecule has 1 rings (SSSR count). The second kappa shape index (κ2) is 8.48. The Bertz CT molecular complexity index is 245. The Morgan fingerprint density at radius 1 is 1.33 bits per heavy atom. The van der Waals surface area contributed by atoms with E-state index >= 15 is 0 Å². The molecule has 1 heterocycles. The van der Waals surface area contributed by atoms with E-state index in [4.69, 9.17) is 15.2 Å². The molecule has 0 aromatic rings. The zero-order valence-electron chi connectivity index (χ0n) is 11.7. The van der Waals surface area contributed by atoms with Gasteiger partial charge in [0.1, 0.15) is 12.1 Å². The quantitative estimate of drug-likeness (QED) is 0.607. The molecule has 0 aromatic carbocycles. The molecule has 3 atom stereocenters. The molecule has 106 valence electrons. The number of hydrogen-bond acceptors (Lipinski definition) is 4. The van der Waals surface area contributed by atoms with Crippen molar-refractivity contribution in [3.63, 3.8) is 0 Å². The normalized spacial score (nSPS) is 30.2. The highest BCUT2D eigenvalue weighted by Gasteiger charge is 2.26. The van der Waals surface area contributed by atoms with Crippen molar-refractivity contribution in [3.8, 4) is 0 Å². The van der Waals surface area contributed by atoms with Gasteiger partial charge in [-0.2, -0.15) is 0 Å². The van der Waals surface area contributed by atoms with E-state index in [1.165, 1.54) is 12.8 Å². The predicted molar refractivity (Wildman–Crippen MR) is 71.3 cm³/mol. The summed E-state index contributed by atoms with van der Waals surface area (Å²) in [6.07, 6.45) is 6.97. The molecule has 0 bridgehead atoms. The highest BCUT2D eigenvalue weighted by Crippen LogP contribution is 2.18. The van der Waals surface area contributed by atoms with E-state index in [9.17, 15) is 4.79 Å². The number of rotatable bonds is 5. The standard InChI is InChI=1S/C14H27NO3/c1-3-4-7-10-17-13-9-6-5-8-12(15)14(16)18-11(13)2/h11-13H,3-10,15H2,1-2H3/t11-,12-,13+/m0/s1. The first-order valence-corrected chi connectivity index (χ1v) is 7.22. The summed E-state index contributed by atoms with van der Waals surface area (Å²) in [4.78, 5) is 11.6. The lowest BCUT2D eigenvalue weighted by atomic mass is 10.1. The molecule has 1 saturated heterocycles. The first kappa shape index (κ1) is 15.4. The maximum Gasteiger partial charge on any atom is 0.323 e. The van der Waals surface area contributed by atoms with Crippen LogP contribution in [0.1, 0.15) is 58.8 Å². The third-order valence-electron chi connectivity index (χ3n) is 3.46. The SMILES string of the molecule is CCCCCO[C@@H]1CCCC[C@H](N)C(=O)O[C@H]1C. The van der Waals surface area contributed by atoms with Gasteiger partial charge in [-0.25, -0.2) is 0 Å². The van der Waals surface area contributed by atoms with Crippen LogP contribution < -0.4 is 5.73 Å². The lowest BCUT2D eigenvalue weighted by Gasteiger charge is -2.24. The summed E-state index contributed by atoms with van der Waals surface area (Å²) in [6, 6.07) is -0.466. The van der Waals surface area contributed by atoms with E-state index < -0.39 is 6.04 Å². The molecule has 0 amide bonds. The number of carbonyl (C=O) groups excluding carboxylic acids is 1. The summed E-state index contributed by atoms with van der Waals surface area (Å²) in [7, 11) is 0. The van der Waals surface area contributed by atoms with Gasteiger partial charge in [-0.05, 0) is 26.2 Å². The third-order valence-corrected chi connectivity index (χ3v) is 3.46. The van der Waals surface area contributed by atoms with Crippen LogP contribution in [0.2, 0.25) is 0 Å². The van der Waals surface area contributed by atoms with Crippen molar-refractivity contribution in [3.05, 3.63) is 0 Å². The lowest BCUT2D eigenvalue weighted by Crippen LogP contribution is -2.37. The van der Waals surface area contributed by atoms with Crippen LogP contribution in [0.25, 0.3) is 0 Å². The van der Waals surface area contributed by atoms with Gasteiger partial charge in [0.15, 0.2) is 0 Å². The van der Waals surface area contributed by atoms with Gasteiger partial charge in [-0.15, -0.1) is 0 Å². The fraction of sp³-hybridized carbons (Fsp3) is 0.929. The van der Waals surface area contributed by atoms with Gasteiger partial charge >= 0.3 is 5.97 Å². The number of unbranched alkanes of at least 4 members (excludes halogenated alkanes) is 2. The van der Waals surface area contributed by atoms with Crippen LogP contribution in [-0.4, -0.2) is 30.8 Å². The molecule has 4 nitrogen and oxygen atoms in total. The summed E-state index contributed by atoms with van der Waals surface area (Å²) in [5.41, 5.74) is 5.75. The average Bonchev–Trinajstić information content (AvgIpc) is 2.40. The molecular weight excluding hydrogens is 230 g/mol. The van der Waals surface area contributed by atoms with Crippen molar-refractivity contribution >= 4 is 5.97 Å².